The van der Waals surface area contributed by atoms with Crippen LogP contribution < -0.4 is 0 Å². The Morgan fingerprint density at radius 3 is 0.915 bits per heavy atom. The number of rotatable bonds is 46. The zero-order valence-electron chi connectivity index (χ0n) is 40.6. The van der Waals surface area contributed by atoms with Crippen LogP contribution >= 0.6 is 0 Å². The number of hydrogen-bond donors (Lipinski definition) is 1. The molecule has 350 valence electrons. The van der Waals surface area contributed by atoms with Crippen molar-refractivity contribution in [1.29, 1.82) is 0 Å². The van der Waals surface area contributed by atoms with Crippen LogP contribution in [0.3, 0.4) is 0 Å². The maximum Gasteiger partial charge on any atom is 0.222 e. The van der Waals surface area contributed by atoms with Gasteiger partial charge in [0.25, 0.3) is 0 Å². The minimum atomic E-state index is -0.0766. The van der Waals surface area contributed by atoms with Crippen molar-refractivity contribution < 1.29 is 14.7 Å². The monoisotopic (exact) mass is 832 g/mol. The summed E-state index contributed by atoms with van der Waals surface area (Å²) in [6.45, 7) is 16.4. The zero-order valence-corrected chi connectivity index (χ0v) is 40.6. The lowest BCUT2D eigenvalue weighted by molar-refractivity contribution is -0.132. The van der Waals surface area contributed by atoms with Crippen LogP contribution in [-0.4, -0.2) is 83.5 Å². The number of nitrogens with zero attached hydrogens (tertiary/aromatic N) is 3. The van der Waals surface area contributed by atoms with Crippen LogP contribution in [-0.2, 0) is 9.59 Å². The van der Waals surface area contributed by atoms with Crippen LogP contribution in [0.5, 0.6) is 0 Å². The van der Waals surface area contributed by atoms with E-state index in [1.165, 1.54) is 205 Å². The van der Waals surface area contributed by atoms with E-state index in [4.69, 9.17) is 0 Å². The van der Waals surface area contributed by atoms with Crippen molar-refractivity contribution in [2.45, 2.75) is 278 Å². The van der Waals surface area contributed by atoms with Crippen molar-refractivity contribution in [1.82, 2.24) is 14.7 Å². The Balaban J connectivity index is 2.35. The molecule has 0 saturated heterocycles. The van der Waals surface area contributed by atoms with Crippen LogP contribution in [0.15, 0.2) is 0 Å². The quantitative estimate of drug-likeness (QED) is 0.0621. The topological polar surface area (TPSA) is 64.1 Å². The predicted molar refractivity (Wildman–Crippen MR) is 257 cm³/mol. The second-order valence-corrected chi connectivity index (χ2v) is 19.2. The first-order chi connectivity index (χ1) is 28.9. The van der Waals surface area contributed by atoms with Gasteiger partial charge in [-0.15, -0.1) is 0 Å². The van der Waals surface area contributed by atoms with Gasteiger partial charge in [0.05, 0.1) is 6.10 Å². The summed E-state index contributed by atoms with van der Waals surface area (Å²) in [7, 11) is 0. The van der Waals surface area contributed by atoms with E-state index in [2.05, 4.69) is 42.4 Å². The smallest absolute Gasteiger partial charge is 0.222 e. The molecule has 0 heterocycles. The Hall–Kier alpha value is -1.14. The molecule has 0 aromatic heterocycles. The van der Waals surface area contributed by atoms with Crippen LogP contribution in [0, 0.1) is 5.92 Å². The number of aliphatic hydroxyl groups is 1. The molecule has 59 heavy (non-hydrogen) atoms. The van der Waals surface area contributed by atoms with E-state index in [0.29, 0.717) is 17.7 Å². The Kier molecular flexibility index (Phi) is 39.9. The van der Waals surface area contributed by atoms with E-state index in [0.717, 1.165) is 84.3 Å². The molecule has 0 bridgehead atoms. The van der Waals surface area contributed by atoms with Crippen molar-refractivity contribution in [3.05, 3.63) is 0 Å². The number of carbonyl (C=O) groups excluding carboxylic acids is 2. The first kappa shape index (κ1) is 55.9. The summed E-state index contributed by atoms with van der Waals surface area (Å²) >= 11 is 0. The lowest BCUT2D eigenvalue weighted by Crippen LogP contribution is -2.39. The maximum atomic E-state index is 13.3. The lowest BCUT2D eigenvalue weighted by Gasteiger charge is -2.36. The third kappa shape index (κ3) is 34.1. The van der Waals surface area contributed by atoms with Gasteiger partial charge in [-0.1, -0.05) is 195 Å². The zero-order chi connectivity index (χ0) is 42.9. The average Bonchev–Trinajstić information content (AvgIpc) is 3.22. The van der Waals surface area contributed by atoms with Gasteiger partial charge in [0.15, 0.2) is 0 Å². The fourth-order valence-electron chi connectivity index (χ4n) is 9.16. The highest BCUT2D eigenvalue weighted by Crippen LogP contribution is 2.28. The van der Waals surface area contributed by atoms with E-state index in [1.807, 2.05) is 0 Å². The molecule has 1 rings (SSSR count). The van der Waals surface area contributed by atoms with Crippen LogP contribution in [0.2, 0.25) is 0 Å². The summed E-state index contributed by atoms with van der Waals surface area (Å²) in [5.41, 5.74) is 0. The molecule has 0 aromatic rings. The maximum absolute atomic E-state index is 13.3. The summed E-state index contributed by atoms with van der Waals surface area (Å²) in [5.74, 6) is 1.47. The molecule has 1 aliphatic carbocycles. The van der Waals surface area contributed by atoms with E-state index in [-0.39, 0.29) is 6.10 Å². The van der Waals surface area contributed by atoms with Gasteiger partial charge in [0, 0.05) is 45.6 Å². The standard InChI is InChI=1S/C53H105N3O3/c1-5-9-13-17-27-35-43-55(44-36-28-18-14-10-6-2)52(58)39-31-23-21-25-33-41-54(49-50-47-51(57)48-50)42-34-26-22-24-32-40-53(59)56(45-37-29-19-15-11-7-3)46-38-30-20-16-12-8-4/h50-51,57H,5-49H2,1-4H3. The number of hydrogen-bond acceptors (Lipinski definition) is 4. The molecule has 0 spiro atoms. The molecule has 0 atom stereocenters. The average molecular weight is 832 g/mol. The number of aliphatic hydroxyl groups excluding tert-OH is 1. The molecule has 1 N–H and O–H groups in total. The van der Waals surface area contributed by atoms with Crippen LogP contribution in [0.25, 0.3) is 0 Å². The van der Waals surface area contributed by atoms with E-state index >= 15 is 0 Å². The van der Waals surface area contributed by atoms with Gasteiger partial charge >= 0.3 is 0 Å². The molecule has 1 saturated carbocycles. The van der Waals surface area contributed by atoms with Crippen LogP contribution in [0.4, 0.5) is 0 Å². The van der Waals surface area contributed by atoms with E-state index in [1.54, 1.807) is 0 Å². The first-order valence-electron chi connectivity index (χ1n) is 26.9. The molecular weight excluding hydrogens is 727 g/mol. The molecule has 0 aliphatic heterocycles. The molecule has 6 nitrogen and oxygen atoms in total. The van der Waals surface area contributed by atoms with Gasteiger partial charge in [-0.2, -0.15) is 0 Å². The number of amides is 2. The predicted octanol–water partition coefficient (Wildman–Crippen LogP) is 14.8. The largest absolute Gasteiger partial charge is 0.393 e. The van der Waals surface area contributed by atoms with E-state index in [9.17, 15) is 14.7 Å². The SMILES string of the molecule is CCCCCCCCN(CCCCCCCC)C(=O)CCCCCCCN(CCCCCCCC(=O)N(CCCCCCCC)CCCCCCCC)CC1CC(O)C1. The molecule has 0 radical (unpaired) electrons. The fourth-order valence-corrected chi connectivity index (χ4v) is 9.16. The summed E-state index contributed by atoms with van der Waals surface area (Å²) in [5, 5.41) is 9.93. The third-order valence-electron chi connectivity index (χ3n) is 13.3. The first-order valence-corrected chi connectivity index (χ1v) is 26.9. The highest BCUT2D eigenvalue weighted by Gasteiger charge is 2.28. The van der Waals surface area contributed by atoms with Gasteiger partial charge < -0.3 is 19.8 Å². The van der Waals surface area contributed by atoms with Gasteiger partial charge in [-0.25, -0.2) is 0 Å². The normalized spacial score (nSPS) is 15.2. The Labute approximate surface area is 369 Å². The fraction of sp³-hybridized carbons (Fsp3) is 0.962. The molecule has 1 fully saturated rings. The van der Waals surface area contributed by atoms with Crippen molar-refractivity contribution in [2.24, 2.45) is 5.92 Å². The van der Waals surface area contributed by atoms with Crippen LogP contribution in [0.1, 0.15) is 272 Å². The van der Waals surface area contributed by atoms with Gasteiger partial charge in [-0.05, 0) is 83.2 Å². The van der Waals surface area contributed by atoms with Crippen molar-refractivity contribution in [3.63, 3.8) is 0 Å². The lowest BCUT2D eigenvalue weighted by atomic mass is 9.82. The Morgan fingerprint density at radius 2 is 0.627 bits per heavy atom. The summed E-state index contributed by atoms with van der Waals surface area (Å²) in [6.07, 6.45) is 46.0. The number of unbranched alkanes of at least 4 members (excludes halogenated alkanes) is 28. The van der Waals surface area contributed by atoms with Crippen molar-refractivity contribution in [2.75, 3.05) is 45.8 Å². The highest BCUT2D eigenvalue weighted by atomic mass is 16.3. The Bertz CT molecular complexity index is 814. The molecule has 0 aromatic carbocycles. The molecule has 2 amide bonds. The Morgan fingerprint density at radius 1 is 0.373 bits per heavy atom. The summed E-state index contributed by atoms with van der Waals surface area (Å²) in [6, 6.07) is 0. The minimum absolute atomic E-state index is 0.0766. The molecular formula is C53H105N3O3. The molecule has 0 unspecified atom stereocenters. The van der Waals surface area contributed by atoms with Crippen molar-refractivity contribution in [3.8, 4) is 0 Å². The molecule has 1 aliphatic rings. The minimum Gasteiger partial charge on any atom is -0.393 e. The second-order valence-electron chi connectivity index (χ2n) is 19.2. The summed E-state index contributed by atoms with van der Waals surface area (Å²) in [4.78, 5) is 33.7. The molecule has 6 heteroatoms. The third-order valence-corrected chi connectivity index (χ3v) is 13.3. The van der Waals surface area contributed by atoms with E-state index < -0.39 is 0 Å². The van der Waals surface area contributed by atoms with Crippen molar-refractivity contribution >= 4 is 11.8 Å². The second kappa shape index (κ2) is 42.2. The van der Waals surface area contributed by atoms with Gasteiger partial charge in [0.1, 0.15) is 0 Å². The number of carbonyl (C=O) groups is 2. The highest BCUT2D eigenvalue weighted by molar-refractivity contribution is 5.76. The van der Waals surface area contributed by atoms with Gasteiger partial charge in [-0.3, -0.25) is 9.59 Å². The van der Waals surface area contributed by atoms with Gasteiger partial charge in [0.2, 0.25) is 11.8 Å². The summed E-state index contributed by atoms with van der Waals surface area (Å²) < 4.78 is 0.